The van der Waals surface area contributed by atoms with Crippen LogP contribution in [0.1, 0.15) is 19.4 Å². The van der Waals surface area contributed by atoms with E-state index in [9.17, 15) is 9.59 Å². The van der Waals surface area contributed by atoms with Gasteiger partial charge in [-0.05, 0) is 55.0 Å². The third-order valence-corrected chi connectivity index (χ3v) is 5.31. The van der Waals surface area contributed by atoms with Crippen molar-refractivity contribution in [3.63, 3.8) is 0 Å². The number of esters is 1. The Hall–Kier alpha value is -3.23. The van der Waals surface area contributed by atoms with E-state index in [4.69, 9.17) is 21.1 Å². The fraction of sp³-hybridized carbons (Fsp3) is 0.143. The molecule has 7 nitrogen and oxygen atoms in total. The summed E-state index contributed by atoms with van der Waals surface area (Å²) in [5.74, 6) is 0.792. The van der Waals surface area contributed by atoms with Crippen LogP contribution in [0.25, 0.3) is 22.4 Å². The summed E-state index contributed by atoms with van der Waals surface area (Å²) < 4.78 is 12.5. The number of carbonyl (C=O) groups is 1. The molecule has 0 radical (unpaired) electrons. The van der Waals surface area contributed by atoms with Crippen molar-refractivity contribution in [2.75, 3.05) is 6.61 Å². The first-order valence-corrected chi connectivity index (χ1v) is 10.3. The zero-order valence-electron chi connectivity index (χ0n) is 16.1. The van der Waals surface area contributed by atoms with Gasteiger partial charge < -0.3 is 9.47 Å². The van der Waals surface area contributed by atoms with Crippen molar-refractivity contribution in [1.82, 2.24) is 14.6 Å². The van der Waals surface area contributed by atoms with Gasteiger partial charge in [-0.25, -0.2) is 0 Å². The second-order valence-electron chi connectivity index (χ2n) is 6.29. The molecule has 2 aromatic carbocycles. The highest BCUT2D eigenvalue weighted by molar-refractivity contribution is 7.15. The smallest absolute Gasteiger partial charge is 0.308 e. The number of hydrogen-bond acceptors (Lipinski definition) is 7. The van der Waals surface area contributed by atoms with Crippen LogP contribution in [-0.2, 0) is 4.79 Å². The molecule has 30 heavy (non-hydrogen) atoms. The molecule has 0 amide bonds. The fourth-order valence-corrected chi connectivity index (χ4v) is 3.86. The molecule has 4 rings (SSSR count). The van der Waals surface area contributed by atoms with Crippen molar-refractivity contribution in [2.24, 2.45) is 0 Å². The molecule has 0 saturated heterocycles. The van der Waals surface area contributed by atoms with Crippen LogP contribution in [-0.4, -0.2) is 27.2 Å². The number of nitrogens with zero attached hydrogens (tertiary/aromatic N) is 3. The number of carbonyl (C=O) groups excluding carboxylic acids is 1. The maximum absolute atomic E-state index is 12.8. The molecule has 0 aliphatic heterocycles. The van der Waals surface area contributed by atoms with Crippen LogP contribution < -0.4 is 19.6 Å². The van der Waals surface area contributed by atoms with Gasteiger partial charge in [0.25, 0.3) is 5.56 Å². The lowest BCUT2D eigenvalue weighted by atomic mass is 10.2. The van der Waals surface area contributed by atoms with Crippen molar-refractivity contribution >= 4 is 39.9 Å². The molecule has 4 aromatic rings. The molecule has 0 unspecified atom stereocenters. The Bertz CT molecular complexity index is 1350. The van der Waals surface area contributed by atoms with E-state index in [1.54, 1.807) is 48.5 Å². The standard InChI is InChI=1S/C21H16ClN3O4S/c1-3-28-17-10-13(4-9-16(17)29-12(2)26)11-18-20(27)25-21(30-18)23-19(24-25)14-5-7-15(22)8-6-14/h4-11H,3H2,1-2H3. The Morgan fingerprint density at radius 2 is 1.97 bits per heavy atom. The molecule has 0 bridgehead atoms. The van der Waals surface area contributed by atoms with Gasteiger partial charge in [0.15, 0.2) is 17.3 Å². The average Bonchev–Trinajstić information content (AvgIpc) is 3.24. The fourth-order valence-electron chi connectivity index (χ4n) is 2.83. The zero-order valence-corrected chi connectivity index (χ0v) is 17.7. The SMILES string of the molecule is CCOc1cc(C=c2sc3nc(-c4ccc(Cl)cc4)nn3c2=O)ccc1OC(C)=O. The molecular weight excluding hydrogens is 426 g/mol. The minimum absolute atomic E-state index is 0.260. The molecule has 9 heteroatoms. The first kappa shape index (κ1) is 20.1. The van der Waals surface area contributed by atoms with E-state index in [1.807, 2.05) is 6.92 Å². The summed E-state index contributed by atoms with van der Waals surface area (Å²) in [5, 5.41) is 4.94. The van der Waals surface area contributed by atoms with Crippen molar-refractivity contribution in [3.8, 4) is 22.9 Å². The summed E-state index contributed by atoms with van der Waals surface area (Å²) in [4.78, 5) is 29.0. The first-order valence-electron chi connectivity index (χ1n) is 9.07. The van der Waals surface area contributed by atoms with Crippen LogP contribution in [0.3, 0.4) is 0 Å². The monoisotopic (exact) mass is 441 g/mol. The molecule has 0 spiro atoms. The normalized spacial score (nSPS) is 11.8. The number of halogens is 1. The van der Waals surface area contributed by atoms with E-state index in [2.05, 4.69) is 10.1 Å². The lowest BCUT2D eigenvalue weighted by Crippen LogP contribution is -2.23. The summed E-state index contributed by atoms with van der Waals surface area (Å²) in [5.41, 5.74) is 1.25. The Kier molecular flexibility index (Phi) is 5.52. The minimum Gasteiger partial charge on any atom is -0.490 e. The molecule has 0 fully saturated rings. The molecule has 0 aliphatic rings. The van der Waals surface area contributed by atoms with E-state index < -0.39 is 5.97 Å². The molecule has 2 heterocycles. The Morgan fingerprint density at radius 3 is 2.63 bits per heavy atom. The third-order valence-electron chi connectivity index (χ3n) is 4.10. The van der Waals surface area contributed by atoms with Crippen LogP contribution in [0.5, 0.6) is 11.5 Å². The quantitative estimate of drug-likeness (QED) is 0.349. The highest BCUT2D eigenvalue weighted by atomic mass is 35.5. The Labute approximate surface area is 180 Å². The van der Waals surface area contributed by atoms with E-state index in [1.165, 1.54) is 22.8 Å². The molecule has 0 N–H and O–H groups in total. The maximum atomic E-state index is 12.8. The van der Waals surface area contributed by atoms with Gasteiger partial charge in [0, 0.05) is 17.5 Å². The largest absolute Gasteiger partial charge is 0.490 e. The highest BCUT2D eigenvalue weighted by Crippen LogP contribution is 2.29. The van der Waals surface area contributed by atoms with E-state index in [-0.39, 0.29) is 5.56 Å². The molecule has 152 valence electrons. The van der Waals surface area contributed by atoms with Crippen LogP contribution in [0.4, 0.5) is 0 Å². The van der Waals surface area contributed by atoms with E-state index >= 15 is 0 Å². The van der Waals surface area contributed by atoms with Gasteiger partial charge >= 0.3 is 5.97 Å². The van der Waals surface area contributed by atoms with Crippen LogP contribution in [0.15, 0.2) is 47.3 Å². The first-order chi connectivity index (χ1) is 14.4. The topological polar surface area (TPSA) is 82.8 Å². The number of rotatable bonds is 5. The van der Waals surface area contributed by atoms with Crippen LogP contribution in [0.2, 0.25) is 5.02 Å². The average molecular weight is 442 g/mol. The second-order valence-corrected chi connectivity index (χ2v) is 7.73. The molecular formula is C21H16ClN3O4S. The van der Waals surface area contributed by atoms with Gasteiger partial charge in [-0.1, -0.05) is 29.0 Å². The number of ether oxygens (including phenoxy) is 2. The summed E-state index contributed by atoms with van der Waals surface area (Å²) in [6, 6.07) is 12.2. The summed E-state index contributed by atoms with van der Waals surface area (Å²) in [7, 11) is 0. The second kappa shape index (κ2) is 8.25. The predicted molar refractivity (Wildman–Crippen MR) is 115 cm³/mol. The zero-order chi connectivity index (χ0) is 21.3. The van der Waals surface area contributed by atoms with E-state index in [0.717, 1.165) is 11.1 Å². The van der Waals surface area contributed by atoms with Crippen molar-refractivity contribution < 1.29 is 14.3 Å². The molecule has 2 aromatic heterocycles. The number of aromatic nitrogens is 3. The van der Waals surface area contributed by atoms with Crippen molar-refractivity contribution in [1.29, 1.82) is 0 Å². The Morgan fingerprint density at radius 1 is 1.20 bits per heavy atom. The van der Waals surface area contributed by atoms with Gasteiger partial charge in [-0.3, -0.25) is 9.59 Å². The van der Waals surface area contributed by atoms with E-state index in [0.29, 0.717) is 38.4 Å². The highest BCUT2D eigenvalue weighted by Gasteiger charge is 2.13. The van der Waals surface area contributed by atoms with Crippen molar-refractivity contribution in [3.05, 3.63) is 67.9 Å². The summed E-state index contributed by atoms with van der Waals surface area (Å²) >= 11 is 7.15. The van der Waals surface area contributed by atoms with Gasteiger partial charge in [0.1, 0.15) is 0 Å². The van der Waals surface area contributed by atoms with Crippen LogP contribution in [0, 0.1) is 0 Å². The predicted octanol–water partition coefficient (Wildman–Crippen LogP) is 3.34. The molecule has 0 aliphatic carbocycles. The summed E-state index contributed by atoms with van der Waals surface area (Å²) in [6.45, 7) is 3.57. The van der Waals surface area contributed by atoms with Gasteiger partial charge in [0.05, 0.1) is 11.1 Å². The maximum Gasteiger partial charge on any atom is 0.308 e. The lowest BCUT2D eigenvalue weighted by Gasteiger charge is -2.10. The Balaban J connectivity index is 1.72. The van der Waals surface area contributed by atoms with Gasteiger partial charge in [0.2, 0.25) is 4.96 Å². The van der Waals surface area contributed by atoms with Gasteiger partial charge in [-0.2, -0.15) is 9.50 Å². The summed E-state index contributed by atoms with van der Waals surface area (Å²) in [6.07, 6.45) is 1.73. The minimum atomic E-state index is -0.434. The third kappa shape index (κ3) is 4.05. The lowest BCUT2D eigenvalue weighted by molar-refractivity contribution is -0.132. The number of benzene rings is 2. The van der Waals surface area contributed by atoms with Gasteiger partial charge in [-0.15, -0.1) is 5.10 Å². The number of hydrogen-bond donors (Lipinski definition) is 0. The number of fused-ring (bicyclic) bond motifs is 1. The molecule has 0 atom stereocenters. The van der Waals surface area contributed by atoms with Crippen molar-refractivity contribution in [2.45, 2.75) is 13.8 Å². The van der Waals surface area contributed by atoms with Crippen LogP contribution >= 0.6 is 22.9 Å². The number of thiazole rings is 1. The molecule has 0 saturated carbocycles.